The van der Waals surface area contributed by atoms with E-state index in [1.807, 2.05) is 25.1 Å². The van der Waals surface area contributed by atoms with Crippen molar-refractivity contribution in [2.45, 2.75) is 33.7 Å². The van der Waals surface area contributed by atoms with Crippen LogP contribution in [0.5, 0.6) is 0 Å². The first-order valence-electron chi connectivity index (χ1n) is 11.3. The molecule has 0 unspecified atom stereocenters. The molecule has 2 N–H and O–H groups in total. The number of aryl methyl sites for hydroxylation is 2. The maximum absolute atomic E-state index is 15.0. The number of aromatic nitrogens is 2. The molecule has 0 bridgehead atoms. The van der Waals surface area contributed by atoms with Crippen LogP contribution in [0.25, 0.3) is 22.0 Å². The predicted octanol–water partition coefficient (Wildman–Crippen LogP) is 4.13. The van der Waals surface area contributed by atoms with E-state index in [1.54, 1.807) is 41.8 Å². The van der Waals surface area contributed by atoms with Crippen LogP contribution in [0, 0.1) is 12.7 Å². The monoisotopic (exact) mass is 495 g/mol. The lowest BCUT2D eigenvalue weighted by Crippen LogP contribution is -2.33. The van der Waals surface area contributed by atoms with Crippen LogP contribution in [0.1, 0.15) is 41.0 Å². The highest BCUT2D eigenvalue weighted by Crippen LogP contribution is 2.35. The fourth-order valence-corrected chi connectivity index (χ4v) is 4.70. The molecule has 0 aliphatic rings. The average molecular weight is 496 g/mol. The van der Waals surface area contributed by atoms with E-state index in [0.29, 0.717) is 34.0 Å². The van der Waals surface area contributed by atoms with E-state index in [4.69, 9.17) is 0 Å². The maximum Gasteiger partial charge on any atom is 0.282 e. The minimum Gasteiger partial charge on any atom is -0.331 e. The second-order valence-corrected chi connectivity index (χ2v) is 10.3. The van der Waals surface area contributed by atoms with Gasteiger partial charge in [0.1, 0.15) is 11.5 Å². The Bertz CT molecular complexity index is 1600. The third-order valence-electron chi connectivity index (χ3n) is 6.07. The number of nitrogens with zero attached hydrogens (tertiary/aromatic N) is 1. The summed E-state index contributed by atoms with van der Waals surface area (Å²) >= 11 is 0. The van der Waals surface area contributed by atoms with Crippen molar-refractivity contribution in [1.82, 2.24) is 14.3 Å². The van der Waals surface area contributed by atoms with Gasteiger partial charge in [0.2, 0.25) is 10.0 Å². The van der Waals surface area contributed by atoms with Crippen LogP contribution in [0.2, 0.25) is 0 Å². The molecule has 0 radical (unpaired) electrons. The van der Waals surface area contributed by atoms with Crippen LogP contribution in [0.4, 0.5) is 4.39 Å². The number of pyridine rings is 1. The number of nitrogens with one attached hydrogen (secondary N) is 2. The molecule has 2 aromatic carbocycles. The number of sulfonamides is 1. The third kappa shape index (κ3) is 4.64. The summed E-state index contributed by atoms with van der Waals surface area (Å²) in [5.41, 5.74) is 2.40. The fraction of sp³-hybridized carbons (Fsp3) is 0.231. The number of amides is 1. The summed E-state index contributed by atoms with van der Waals surface area (Å²) < 4.78 is 43.3. The third-order valence-corrected chi connectivity index (χ3v) is 7.32. The number of H-pyrrole nitrogens is 1. The molecule has 1 amide bonds. The van der Waals surface area contributed by atoms with Crippen LogP contribution in [0.15, 0.2) is 59.5 Å². The normalized spacial score (nSPS) is 11.7. The Morgan fingerprint density at radius 3 is 2.57 bits per heavy atom. The summed E-state index contributed by atoms with van der Waals surface area (Å²) in [4.78, 5) is 28.9. The first-order chi connectivity index (χ1) is 16.7. The fourth-order valence-electron chi connectivity index (χ4n) is 4.18. The summed E-state index contributed by atoms with van der Waals surface area (Å²) in [6, 6.07) is 13.8. The minimum atomic E-state index is -3.90. The molecule has 9 heteroatoms. The molecule has 2 aromatic heterocycles. The summed E-state index contributed by atoms with van der Waals surface area (Å²) in [5, 5.41) is 0.605. The van der Waals surface area contributed by atoms with Gasteiger partial charge in [0.15, 0.2) is 0 Å². The molecule has 0 aliphatic heterocycles. The van der Waals surface area contributed by atoms with Gasteiger partial charge in [-0.25, -0.2) is 17.5 Å². The number of rotatable bonds is 7. The maximum atomic E-state index is 15.0. The van der Waals surface area contributed by atoms with Crippen LogP contribution < -0.4 is 10.3 Å². The topological polar surface area (TPSA) is 101 Å². The Labute approximate surface area is 202 Å². The zero-order valence-corrected chi connectivity index (χ0v) is 20.5. The van der Waals surface area contributed by atoms with Crippen molar-refractivity contribution in [2.24, 2.45) is 0 Å². The standard InChI is InChI=1S/C26H26FN3O4S/c1-4-17-11-12-21-20(14-17)22(19-10-7-13-28-25(19)31)24(26(32)29-35(33,34)5-2)30(21)15-18-9-6-8-16(3)23(18)27/h6-14H,4-5,15H2,1-3H3,(H,28,31)(H,29,32). The zero-order valence-electron chi connectivity index (χ0n) is 19.7. The van der Waals surface area contributed by atoms with E-state index < -0.39 is 27.3 Å². The van der Waals surface area contributed by atoms with Crippen LogP contribution >= 0.6 is 0 Å². The van der Waals surface area contributed by atoms with E-state index in [2.05, 4.69) is 9.71 Å². The first-order valence-corrected chi connectivity index (χ1v) is 12.9. The van der Waals surface area contributed by atoms with Gasteiger partial charge in [0, 0.05) is 33.8 Å². The molecular formula is C26H26FN3O4S. The molecular weight excluding hydrogens is 469 g/mol. The van der Waals surface area contributed by atoms with Gasteiger partial charge in [-0.05, 0) is 55.7 Å². The van der Waals surface area contributed by atoms with Gasteiger partial charge in [-0.3, -0.25) is 9.59 Å². The smallest absolute Gasteiger partial charge is 0.282 e. The molecule has 182 valence electrons. The van der Waals surface area contributed by atoms with Crippen molar-refractivity contribution in [3.05, 3.63) is 93.3 Å². The van der Waals surface area contributed by atoms with Gasteiger partial charge < -0.3 is 9.55 Å². The predicted molar refractivity (Wildman–Crippen MR) is 135 cm³/mol. The van der Waals surface area contributed by atoms with E-state index in [-0.39, 0.29) is 23.6 Å². The molecule has 0 saturated heterocycles. The molecule has 7 nitrogen and oxygen atoms in total. The van der Waals surface area contributed by atoms with E-state index in [0.717, 1.165) is 5.56 Å². The average Bonchev–Trinajstić information content (AvgIpc) is 3.15. The summed E-state index contributed by atoms with van der Waals surface area (Å²) in [7, 11) is -3.90. The number of carbonyl (C=O) groups is 1. The van der Waals surface area contributed by atoms with Gasteiger partial charge in [0.05, 0.1) is 12.3 Å². The van der Waals surface area contributed by atoms with Crippen molar-refractivity contribution in [1.29, 1.82) is 0 Å². The number of hydrogen-bond acceptors (Lipinski definition) is 4. The van der Waals surface area contributed by atoms with Gasteiger partial charge >= 0.3 is 0 Å². The molecule has 0 atom stereocenters. The van der Waals surface area contributed by atoms with Crippen molar-refractivity contribution < 1.29 is 17.6 Å². The highest BCUT2D eigenvalue weighted by molar-refractivity contribution is 7.90. The summed E-state index contributed by atoms with van der Waals surface area (Å²) in [6.07, 6.45) is 2.19. The Morgan fingerprint density at radius 2 is 1.89 bits per heavy atom. The number of aromatic amines is 1. The van der Waals surface area contributed by atoms with E-state index in [1.165, 1.54) is 13.1 Å². The molecule has 4 aromatic rings. The second-order valence-electron chi connectivity index (χ2n) is 8.31. The Morgan fingerprint density at radius 1 is 1.11 bits per heavy atom. The van der Waals surface area contributed by atoms with Crippen LogP contribution in [-0.4, -0.2) is 29.6 Å². The van der Waals surface area contributed by atoms with Crippen molar-refractivity contribution in [3.8, 4) is 11.1 Å². The molecule has 4 rings (SSSR count). The highest BCUT2D eigenvalue weighted by atomic mass is 32.2. The number of benzene rings is 2. The van der Waals surface area contributed by atoms with Gasteiger partial charge in [-0.2, -0.15) is 0 Å². The minimum absolute atomic E-state index is 0.0251. The lowest BCUT2D eigenvalue weighted by molar-refractivity contribution is 0.0974. The number of carbonyl (C=O) groups excluding carboxylic acids is 1. The Kier molecular flexibility index (Phi) is 6.62. The number of hydrogen-bond donors (Lipinski definition) is 2. The van der Waals surface area contributed by atoms with Crippen LogP contribution in [0.3, 0.4) is 0 Å². The SMILES string of the molecule is CCc1ccc2c(c1)c(-c1ccc[nH]c1=O)c(C(=O)NS(=O)(=O)CC)n2Cc1cccc(C)c1F. The van der Waals surface area contributed by atoms with Crippen molar-refractivity contribution in [3.63, 3.8) is 0 Å². The zero-order chi connectivity index (χ0) is 25.3. The quantitative estimate of drug-likeness (QED) is 0.402. The van der Waals surface area contributed by atoms with Gasteiger partial charge in [-0.15, -0.1) is 0 Å². The Balaban J connectivity index is 2.10. The molecule has 2 heterocycles. The van der Waals surface area contributed by atoms with Crippen molar-refractivity contribution in [2.75, 3.05) is 5.75 Å². The molecule has 0 spiro atoms. The highest BCUT2D eigenvalue weighted by Gasteiger charge is 2.28. The number of fused-ring (bicyclic) bond motifs is 1. The molecule has 0 fully saturated rings. The lowest BCUT2D eigenvalue weighted by Gasteiger charge is -2.14. The van der Waals surface area contributed by atoms with Crippen LogP contribution in [-0.2, 0) is 23.0 Å². The molecule has 0 aliphatic carbocycles. The van der Waals surface area contributed by atoms with E-state index >= 15 is 0 Å². The molecule has 35 heavy (non-hydrogen) atoms. The summed E-state index contributed by atoms with van der Waals surface area (Å²) in [6.45, 7) is 5.02. The lowest BCUT2D eigenvalue weighted by atomic mass is 10.0. The second kappa shape index (κ2) is 9.50. The Hall–Kier alpha value is -3.72. The van der Waals surface area contributed by atoms with Crippen molar-refractivity contribution >= 4 is 26.8 Å². The summed E-state index contributed by atoms with van der Waals surface area (Å²) in [5.74, 6) is -1.59. The van der Waals surface area contributed by atoms with Gasteiger partial charge in [0.25, 0.3) is 11.5 Å². The largest absolute Gasteiger partial charge is 0.331 e. The van der Waals surface area contributed by atoms with Gasteiger partial charge in [-0.1, -0.05) is 31.2 Å². The first kappa shape index (κ1) is 24.4. The molecule has 0 saturated carbocycles. The number of halogens is 1. The van der Waals surface area contributed by atoms with E-state index in [9.17, 15) is 22.4 Å².